The van der Waals surface area contributed by atoms with Crippen LogP contribution in [0, 0.1) is 22.2 Å². The first kappa shape index (κ1) is 22.4. The van der Waals surface area contributed by atoms with Crippen LogP contribution in [0.2, 0.25) is 0 Å². The first-order valence-corrected chi connectivity index (χ1v) is 11.4. The summed E-state index contributed by atoms with van der Waals surface area (Å²) in [6.07, 6.45) is 6.93. The molecule has 4 fully saturated rings. The van der Waals surface area contributed by atoms with Gasteiger partial charge in [0.15, 0.2) is 0 Å². The molecule has 34 heavy (non-hydrogen) atoms. The van der Waals surface area contributed by atoms with Crippen molar-refractivity contribution in [2.24, 2.45) is 10.8 Å². The van der Waals surface area contributed by atoms with Crippen LogP contribution in [0.25, 0.3) is 0 Å². The summed E-state index contributed by atoms with van der Waals surface area (Å²) in [4.78, 5) is 21.4. The number of halogens is 2. The second kappa shape index (κ2) is 8.42. The number of amides is 1. The molecule has 0 atom stereocenters. The Balaban J connectivity index is 1.34. The van der Waals surface area contributed by atoms with Crippen molar-refractivity contribution in [3.63, 3.8) is 0 Å². The summed E-state index contributed by atoms with van der Waals surface area (Å²) in [7, 11) is 1.59. The van der Waals surface area contributed by atoms with Crippen LogP contribution in [-0.2, 0) is 4.79 Å². The molecule has 178 valence electrons. The maximum Gasteiger partial charge on any atom is 0.387 e. The number of alkyl halides is 2. The number of benzene rings is 1. The second-order valence-corrected chi connectivity index (χ2v) is 9.52. The lowest BCUT2D eigenvalue weighted by atomic mass is 9.35. The number of ether oxygens (including phenoxy) is 2. The lowest BCUT2D eigenvalue weighted by Crippen LogP contribution is -2.68. The highest BCUT2D eigenvalue weighted by Gasteiger charge is 2.72. The number of anilines is 2. The van der Waals surface area contributed by atoms with Crippen LogP contribution in [0.5, 0.6) is 11.5 Å². The van der Waals surface area contributed by atoms with Gasteiger partial charge in [0, 0.05) is 37.1 Å². The van der Waals surface area contributed by atoms with Crippen molar-refractivity contribution in [2.75, 3.05) is 25.1 Å². The Morgan fingerprint density at radius 1 is 1.21 bits per heavy atom. The van der Waals surface area contributed by atoms with E-state index in [-0.39, 0.29) is 28.5 Å². The van der Waals surface area contributed by atoms with Gasteiger partial charge in [0.1, 0.15) is 17.2 Å². The first-order chi connectivity index (χ1) is 16.4. The van der Waals surface area contributed by atoms with Gasteiger partial charge in [-0.15, -0.1) is 0 Å². The van der Waals surface area contributed by atoms with Gasteiger partial charge in [0.25, 0.3) is 0 Å². The third-order valence-electron chi connectivity index (χ3n) is 7.42. The fourth-order valence-corrected chi connectivity index (χ4v) is 5.86. The lowest BCUT2D eigenvalue weighted by Gasteiger charge is -2.66. The number of methoxy groups -OCH3 is 1. The summed E-state index contributed by atoms with van der Waals surface area (Å²) in [5, 5.41) is 9.26. The monoisotopic (exact) mass is 468 g/mol. The number of likely N-dealkylation sites (tertiary alicyclic amines) is 1. The molecule has 6 rings (SSSR count). The van der Waals surface area contributed by atoms with Crippen LogP contribution in [0.15, 0.2) is 42.7 Å². The topological polar surface area (TPSA) is 78.7 Å². The number of carbonyl (C=O) groups is 1. The molecule has 1 saturated heterocycles. The largest absolute Gasteiger partial charge is 0.494 e. The molecule has 1 aromatic heterocycles. The number of piperidine rings is 1. The van der Waals surface area contributed by atoms with Crippen LogP contribution >= 0.6 is 0 Å². The van der Waals surface area contributed by atoms with E-state index in [0.29, 0.717) is 38.1 Å². The minimum atomic E-state index is -2.88. The van der Waals surface area contributed by atoms with Crippen LogP contribution in [-0.4, -0.2) is 48.6 Å². The normalized spacial score (nSPS) is 25.7. The zero-order valence-electron chi connectivity index (χ0n) is 18.9. The van der Waals surface area contributed by atoms with E-state index >= 15 is 0 Å². The molecule has 1 aromatic carbocycles. The first-order valence-electron chi connectivity index (χ1n) is 11.4. The van der Waals surface area contributed by atoms with Crippen molar-refractivity contribution in [1.82, 2.24) is 9.88 Å². The van der Waals surface area contributed by atoms with Crippen molar-refractivity contribution >= 4 is 17.3 Å². The van der Waals surface area contributed by atoms with E-state index in [2.05, 4.69) is 20.7 Å². The fraction of sp³-hybridized carbons (Fsp3) is 0.480. The molecule has 1 aliphatic heterocycles. The molecule has 4 aliphatic rings. The fourth-order valence-electron chi connectivity index (χ4n) is 5.86. The molecule has 2 bridgehead atoms. The summed E-state index contributed by atoms with van der Waals surface area (Å²) in [5.41, 5.74) is 1.01. The molecule has 0 N–H and O–H groups in total. The summed E-state index contributed by atoms with van der Waals surface area (Å²) in [6, 6.07) is 10.7. The molecule has 9 heteroatoms. The average molecular weight is 469 g/mol. The van der Waals surface area contributed by atoms with E-state index in [4.69, 9.17) is 4.74 Å². The summed E-state index contributed by atoms with van der Waals surface area (Å²) >= 11 is 0. The number of rotatable bonds is 7. The lowest BCUT2D eigenvalue weighted by molar-refractivity contribution is -0.196. The van der Waals surface area contributed by atoms with Crippen LogP contribution in [0.3, 0.4) is 0 Å². The highest BCUT2D eigenvalue weighted by molar-refractivity contribution is 5.87. The summed E-state index contributed by atoms with van der Waals surface area (Å²) < 4.78 is 35.2. The third-order valence-corrected chi connectivity index (χ3v) is 7.42. The molecule has 3 aliphatic carbocycles. The van der Waals surface area contributed by atoms with Gasteiger partial charge in [0.05, 0.1) is 30.2 Å². The number of carbonyl (C=O) groups excluding carboxylic acids is 1. The van der Waals surface area contributed by atoms with E-state index < -0.39 is 6.61 Å². The molecule has 0 spiro atoms. The summed E-state index contributed by atoms with van der Waals surface area (Å²) in [6.45, 7) is -1.64. The van der Waals surface area contributed by atoms with Gasteiger partial charge < -0.3 is 19.3 Å². The van der Waals surface area contributed by atoms with Crippen molar-refractivity contribution in [2.45, 2.75) is 44.8 Å². The Hall–Kier alpha value is -3.41. The van der Waals surface area contributed by atoms with Crippen LogP contribution in [0.4, 0.5) is 20.2 Å². The van der Waals surface area contributed by atoms with Crippen LogP contribution < -0.4 is 14.4 Å². The Kier molecular flexibility index (Phi) is 5.54. The predicted molar refractivity (Wildman–Crippen MR) is 120 cm³/mol. The molecule has 1 amide bonds. The van der Waals surface area contributed by atoms with E-state index in [0.717, 1.165) is 24.2 Å². The quantitative estimate of drug-likeness (QED) is 0.595. The number of hydrogen-bond acceptors (Lipinski definition) is 6. The number of aromatic nitrogens is 1. The summed E-state index contributed by atoms with van der Waals surface area (Å²) in [5.74, 6) is 0.921. The Morgan fingerprint density at radius 3 is 2.47 bits per heavy atom. The molecule has 0 unspecified atom stereocenters. The number of nitrogens with zero attached hydrogens (tertiary/aromatic N) is 4. The highest BCUT2D eigenvalue weighted by Crippen LogP contribution is 2.73. The molecular weight excluding hydrogens is 442 g/mol. The minimum absolute atomic E-state index is 0.0579. The van der Waals surface area contributed by atoms with Gasteiger partial charge in [0.2, 0.25) is 5.91 Å². The molecule has 7 nitrogen and oxygen atoms in total. The highest BCUT2D eigenvalue weighted by atomic mass is 19.3. The van der Waals surface area contributed by atoms with Gasteiger partial charge in [-0.05, 0) is 56.4 Å². The molecule has 3 saturated carbocycles. The van der Waals surface area contributed by atoms with Gasteiger partial charge in [-0.1, -0.05) is 0 Å². The standard InChI is InChI=1S/C25H26F2N4O3/c1-33-21-6-9-29-12-20(21)31(17-2-4-19(5-3-17)34-23(26)27)18-7-10-30(11-8-18)22(32)25-13-24(14-25,15-25)16-28/h2-6,9,12,18,23H,7-8,10-11,13-15H2,1H3. The van der Waals surface area contributed by atoms with E-state index in [9.17, 15) is 18.8 Å². The Labute approximate surface area is 196 Å². The molecule has 0 radical (unpaired) electrons. The smallest absolute Gasteiger partial charge is 0.387 e. The Morgan fingerprint density at radius 2 is 1.88 bits per heavy atom. The molecule has 2 heterocycles. The minimum Gasteiger partial charge on any atom is -0.494 e. The van der Waals surface area contributed by atoms with Crippen molar-refractivity contribution < 1.29 is 23.0 Å². The Bertz CT molecular complexity index is 1090. The molecule has 2 aromatic rings. The maximum absolute atomic E-state index is 13.1. The van der Waals surface area contributed by atoms with Crippen LogP contribution in [0.1, 0.15) is 32.1 Å². The SMILES string of the molecule is COc1ccncc1N(c1ccc(OC(F)F)cc1)C1CCN(C(=O)C23CC(C#N)(C2)C3)CC1. The average Bonchev–Trinajstić information content (AvgIpc) is 2.79. The number of hydrogen-bond donors (Lipinski definition) is 0. The van der Waals surface area contributed by atoms with Gasteiger partial charge >= 0.3 is 6.61 Å². The zero-order chi connectivity index (χ0) is 23.9. The van der Waals surface area contributed by atoms with Crippen molar-refractivity contribution in [1.29, 1.82) is 5.26 Å². The van der Waals surface area contributed by atoms with E-state index in [1.807, 2.05) is 4.90 Å². The second-order valence-electron chi connectivity index (χ2n) is 9.52. The van der Waals surface area contributed by atoms with Gasteiger partial charge in [-0.3, -0.25) is 9.78 Å². The van der Waals surface area contributed by atoms with Crippen molar-refractivity contribution in [3.8, 4) is 17.6 Å². The molecular formula is C25H26F2N4O3. The zero-order valence-corrected chi connectivity index (χ0v) is 18.9. The maximum atomic E-state index is 13.1. The number of nitriles is 1. The van der Waals surface area contributed by atoms with Gasteiger partial charge in [-0.25, -0.2) is 0 Å². The third kappa shape index (κ3) is 3.71. The van der Waals surface area contributed by atoms with Gasteiger partial charge in [-0.2, -0.15) is 14.0 Å². The number of pyridine rings is 1. The predicted octanol–water partition coefficient (Wildman–Crippen LogP) is 4.51. The van der Waals surface area contributed by atoms with E-state index in [1.165, 1.54) is 12.1 Å². The van der Waals surface area contributed by atoms with Crippen molar-refractivity contribution in [3.05, 3.63) is 42.7 Å². The van der Waals surface area contributed by atoms with E-state index in [1.54, 1.807) is 37.7 Å².